The van der Waals surface area contributed by atoms with Crippen molar-refractivity contribution in [2.24, 2.45) is 0 Å². The molecule has 0 fully saturated rings. The van der Waals surface area contributed by atoms with Crippen molar-refractivity contribution >= 4 is 23.6 Å². The quantitative estimate of drug-likeness (QED) is 0.837. The van der Waals surface area contributed by atoms with E-state index < -0.39 is 35.2 Å². The summed E-state index contributed by atoms with van der Waals surface area (Å²) in [5.74, 6) is -2.13. The Kier molecular flexibility index (Phi) is 4.82. The molecule has 0 radical (unpaired) electrons. The molecule has 0 aromatic heterocycles. The maximum absolute atomic E-state index is 12.3. The summed E-state index contributed by atoms with van der Waals surface area (Å²) in [6.45, 7) is 1.22. The van der Waals surface area contributed by atoms with Crippen LogP contribution in [0.5, 0.6) is 0 Å². The van der Waals surface area contributed by atoms with Gasteiger partial charge in [-0.3, -0.25) is 9.59 Å². The van der Waals surface area contributed by atoms with Gasteiger partial charge in [-0.25, -0.2) is 0 Å². The monoisotopic (exact) mass is 293 g/mol. The van der Waals surface area contributed by atoms with Crippen molar-refractivity contribution < 1.29 is 27.9 Å². The number of nitrogens with one attached hydrogen (secondary N) is 1. The Balaban J connectivity index is 2.94. The van der Waals surface area contributed by atoms with Gasteiger partial charge in [-0.2, -0.15) is 13.2 Å². The molecule has 4 nitrogen and oxygen atoms in total. The maximum atomic E-state index is 12.3. The number of carboxylic acids is 1. The molecule has 0 aliphatic heterocycles. The summed E-state index contributed by atoms with van der Waals surface area (Å²) in [6, 6.07) is 3.94. The molecule has 0 saturated heterocycles. The molecule has 2 N–H and O–H groups in total. The summed E-state index contributed by atoms with van der Waals surface area (Å²) < 4.78 is 36.9. The van der Waals surface area contributed by atoms with Gasteiger partial charge in [-0.15, -0.1) is 0 Å². The minimum Gasteiger partial charge on any atom is -0.480 e. The summed E-state index contributed by atoms with van der Waals surface area (Å²) in [5, 5.41) is 10.7. The Morgan fingerprint density at radius 3 is 2.42 bits per heavy atom. The lowest BCUT2D eigenvalue weighted by Gasteiger charge is -2.13. The van der Waals surface area contributed by atoms with Crippen molar-refractivity contribution in [2.45, 2.75) is 23.4 Å². The molecule has 0 aliphatic carbocycles. The number of carboxylic acid groups (broad SMARTS) is 1. The highest BCUT2D eigenvalue weighted by Gasteiger charge is 2.31. The summed E-state index contributed by atoms with van der Waals surface area (Å²) in [7, 11) is 0. The molecule has 1 aromatic rings. The second kappa shape index (κ2) is 5.96. The fourth-order valence-electron chi connectivity index (χ4n) is 1.20. The van der Waals surface area contributed by atoms with E-state index in [-0.39, 0.29) is 10.5 Å². The average Bonchev–Trinajstić information content (AvgIpc) is 2.27. The van der Waals surface area contributed by atoms with E-state index in [2.05, 4.69) is 5.32 Å². The second-order valence-electron chi connectivity index (χ2n) is 3.58. The van der Waals surface area contributed by atoms with Gasteiger partial charge in [0.25, 0.3) is 5.91 Å². The molecule has 0 unspecified atom stereocenters. The van der Waals surface area contributed by atoms with Gasteiger partial charge in [0.2, 0.25) is 0 Å². The number of thioether (sulfide) groups is 1. The average molecular weight is 293 g/mol. The number of rotatable bonds is 4. The lowest BCUT2D eigenvalue weighted by molar-refractivity contribution is -0.138. The molecule has 0 heterocycles. The largest absolute Gasteiger partial charge is 0.480 e. The fourth-order valence-corrected chi connectivity index (χ4v) is 1.87. The zero-order valence-electron chi connectivity index (χ0n) is 9.69. The highest BCUT2D eigenvalue weighted by Crippen LogP contribution is 2.38. The highest BCUT2D eigenvalue weighted by molar-refractivity contribution is 8.00. The molecule has 0 aliphatic rings. The summed E-state index contributed by atoms with van der Waals surface area (Å²) in [4.78, 5) is 22.0. The van der Waals surface area contributed by atoms with Crippen molar-refractivity contribution in [1.29, 1.82) is 0 Å². The third-order valence-electron chi connectivity index (χ3n) is 2.08. The van der Waals surface area contributed by atoms with Crippen molar-refractivity contribution in [3.8, 4) is 0 Å². The topological polar surface area (TPSA) is 66.4 Å². The van der Waals surface area contributed by atoms with Crippen LogP contribution in [0, 0.1) is 0 Å². The Bertz CT molecular complexity index is 490. The number of carbonyl (C=O) groups is 2. The number of hydrogen-bond donors (Lipinski definition) is 2. The van der Waals surface area contributed by atoms with E-state index in [1.165, 1.54) is 25.1 Å². The van der Waals surface area contributed by atoms with E-state index in [1.54, 1.807) is 0 Å². The fraction of sp³-hybridized carbons (Fsp3) is 0.273. The first-order valence-corrected chi connectivity index (χ1v) is 5.91. The number of amides is 1. The first-order valence-electron chi connectivity index (χ1n) is 5.09. The Morgan fingerprint density at radius 2 is 1.89 bits per heavy atom. The molecular formula is C11H10F3NO3S. The van der Waals surface area contributed by atoms with Crippen LogP contribution >= 0.6 is 11.8 Å². The van der Waals surface area contributed by atoms with E-state index in [0.29, 0.717) is 0 Å². The Hall–Kier alpha value is -1.70. The molecule has 0 bridgehead atoms. The first kappa shape index (κ1) is 15.4. The summed E-state index contributed by atoms with van der Waals surface area (Å²) in [5.41, 5.74) is -4.73. The summed E-state index contributed by atoms with van der Waals surface area (Å²) >= 11 is -0.417. The predicted molar refractivity (Wildman–Crippen MR) is 62.9 cm³/mol. The first-order chi connectivity index (χ1) is 8.70. The number of hydrogen-bond acceptors (Lipinski definition) is 3. The van der Waals surface area contributed by atoms with Gasteiger partial charge in [0.05, 0.1) is 5.56 Å². The van der Waals surface area contributed by atoms with Gasteiger partial charge in [0.1, 0.15) is 6.04 Å². The van der Waals surface area contributed by atoms with Gasteiger partial charge in [-0.1, -0.05) is 12.1 Å². The maximum Gasteiger partial charge on any atom is 0.446 e. The molecule has 1 amide bonds. The van der Waals surface area contributed by atoms with Gasteiger partial charge in [0, 0.05) is 4.90 Å². The van der Waals surface area contributed by atoms with Crippen LogP contribution in [0.15, 0.2) is 29.2 Å². The van der Waals surface area contributed by atoms with E-state index in [4.69, 9.17) is 5.11 Å². The van der Waals surface area contributed by atoms with Crippen molar-refractivity contribution in [2.75, 3.05) is 0 Å². The zero-order chi connectivity index (χ0) is 14.6. The summed E-state index contributed by atoms with van der Waals surface area (Å²) in [6.07, 6.45) is 0. The van der Waals surface area contributed by atoms with Gasteiger partial charge < -0.3 is 10.4 Å². The Labute approximate surface area is 111 Å². The standard InChI is InChI=1S/C11H10F3NO3S/c1-6(10(17)18)15-9(16)7-4-2-3-5-8(7)19-11(12,13)14/h2-6H,1H3,(H,15,16)(H,17,18)/t6-/m0/s1. The normalized spacial score (nSPS) is 12.8. The van der Waals surface area contributed by atoms with Crippen LogP contribution in [-0.2, 0) is 4.79 Å². The van der Waals surface area contributed by atoms with Crippen molar-refractivity contribution in [3.05, 3.63) is 29.8 Å². The van der Waals surface area contributed by atoms with Crippen LogP contribution in [0.3, 0.4) is 0 Å². The number of benzene rings is 1. The van der Waals surface area contributed by atoms with E-state index in [1.807, 2.05) is 0 Å². The minimum absolute atomic E-state index is 0.210. The molecule has 0 spiro atoms. The number of alkyl halides is 3. The lowest BCUT2D eigenvalue weighted by atomic mass is 10.2. The minimum atomic E-state index is -4.52. The van der Waals surface area contributed by atoms with Crippen molar-refractivity contribution in [3.63, 3.8) is 0 Å². The molecule has 1 atom stereocenters. The lowest BCUT2D eigenvalue weighted by Crippen LogP contribution is -2.38. The Morgan fingerprint density at radius 1 is 1.32 bits per heavy atom. The second-order valence-corrected chi connectivity index (χ2v) is 4.68. The smallest absolute Gasteiger partial charge is 0.446 e. The van der Waals surface area contributed by atoms with Crippen molar-refractivity contribution in [1.82, 2.24) is 5.32 Å². The highest BCUT2D eigenvalue weighted by atomic mass is 32.2. The number of halogens is 3. The molecule has 19 heavy (non-hydrogen) atoms. The van der Waals surface area contributed by atoms with E-state index >= 15 is 0 Å². The van der Waals surface area contributed by atoms with Gasteiger partial charge >= 0.3 is 11.5 Å². The van der Waals surface area contributed by atoms with E-state index in [9.17, 15) is 22.8 Å². The third kappa shape index (κ3) is 4.82. The number of carbonyl (C=O) groups excluding carboxylic acids is 1. The SMILES string of the molecule is C[C@H](NC(=O)c1ccccc1SC(F)(F)F)C(=O)O. The molecule has 104 valence electrons. The van der Waals surface area contributed by atoms with Crippen LogP contribution in [0.4, 0.5) is 13.2 Å². The predicted octanol–water partition coefficient (Wildman–Crippen LogP) is 2.50. The van der Waals surface area contributed by atoms with Crippen LogP contribution in [0.25, 0.3) is 0 Å². The van der Waals surface area contributed by atoms with Crippen LogP contribution in [0.2, 0.25) is 0 Å². The van der Waals surface area contributed by atoms with E-state index in [0.717, 1.165) is 6.07 Å². The van der Waals surface area contributed by atoms with Crippen LogP contribution in [0.1, 0.15) is 17.3 Å². The molecule has 8 heteroatoms. The molecule has 1 aromatic carbocycles. The van der Waals surface area contributed by atoms with Gasteiger partial charge in [-0.05, 0) is 30.8 Å². The third-order valence-corrected chi connectivity index (χ3v) is 2.88. The molecular weight excluding hydrogens is 283 g/mol. The van der Waals surface area contributed by atoms with Gasteiger partial charge in [0.15, 0.2) is 0 Å². The zero-order valence-corrected chi connectivity index (χ0v) is 10.5. The number of aliphatic carboxylic acids is 1. The molecule has 1 rings (SSSR count). The molecule has 0 saturated carbocycles. The van der Waals surface area contributed by atoms with Crippen LogP contribution < -0.4 is 5.32 Å². The van der Waals surface area contributed by atoms with Crippen LogP contribution in [-0.4, -0.2) is 28.5 Å².